The zero-order valence-corrected chi connectivity index (χ0v) is 20.2. The number of carbonyl (C=O) groups is 2. The highest BCUT2D eigenvalue weighted by molar-refractivity contribution is 7.17. The molecule has 0 aliphatic carbocycles. The minimum absolute atomic E-state index is 0.0311. The normalized spacial score (nSPS) is 12.9. The van der Waals surface area contributed by atoms with Gasteiger partial charge in [0.2, 0.25) is 5.95 Å². The van der Waals surface area contributed by atoms with E-state index in [1.54, 1.807) is 24.5 Å². The van der Waals surface area contributed by atoms with Crippen molar-refractivity contribution in [2.24, 2.45) is 0 Å². The molecule has 0 spiro atoms. The first-order chi connectivity index (χ1) is 17.0. The van der Waals surface area contributed by atoms with Gasteiger partial charge in [0, 0.05) is 36.5 Å². The van der Waals surface area contributed by atoms with Gasteiger partial charge < -0.3 is 19.4 Å². The molecule has 4 heterocycles. The predicted molar refractivity (Wildman–Crippen MR) is 135 cm³/mol. The van der Waals surface area contributed by atoms with Gasteiger partial charge in [-0.2, -0.15) is 0 Å². The van der Waals surface area contributed by atoms with E-state index in [2.05, 4.69) is 20.6 Å². The van der Waals surface area contributed by atoms with Crippen LogP contribution in [-0.2, 0) is 16.1 Å². The molecular formula is C25H25N5O4S. The van der Waals surface area contributed by atoms with Crippen molar-refractivity contribution in [1.82, 2.24) is 14.5 Å². The Kier molecular flexibility index (Phi) is 6.47. The van der Waals surface area contributed by atoms with Crippen LogP contribution >= 0.6 is 11.3 Å². The van der Waals surface area contributed by atoms with E-state index < -0.39 is 0 Å². The average Bonchev–Trinajstić information content (AvgIpc) is 3.46. The molecule has 35 heavy (non-hydrogen) atoms. The number of aryl methyl sites for hydroxylation is 1. The van der Waals surface area contributed by atoms with Crippen LogP contribution < -0.4 is 15.4 Å². The number of nitrogens with zero attached hydrogens (tertiary/aromatic N) is 3. The second-order valence-corrected chi connectivity index (χ2v) is 9.47. The van der Waals surface area contributed by atoms with Gasteiger partial charge in [0.25, 0.3) is 11.8 Å². The quantitative estimate of drug-likeness (QED) is 0.350. The molecule has 1 aliphatic rings. The number of ether oxygens (including phenoxy) is 2. The lowest BCUT2D eigenvalue weighted by Gasteiger charge is -2.18. The molecule has 0 fully saturated rings. The lowest BCUT2D eigenvalue weighted by Crippen LogP contribution is -2.25. The highest BCUT2D eigenvalue weighted by Gasteiger charge is 2.21. The summed E-state index contributed by atoms with van der Waals surface area (Å²) in [4.78, 5) is 35.1. The fourth-order valence-electron chi connectivity index (χ4n) is 3.86. The van der Waals surface area contributed by atoms with Crippen LogP contribution in [0.2, 0.25) is 0 Å². The lowest BCUT2D eigenvalue weighted by molar-refractivity contribution is -0.118. The van der Waals surface area contributed by atoms with Crippen molar-refractivity contribution in [2.75, 3.05) is 23.8 Å². The third-order valence-electron chi connectivity index (χ3n) is 5.48. The third-order valence-corrected chi connectivity index (χ3v) is 6.61. The second kappa shape index (κ2) is 9.85. The zero-order chi connectivity index (χ0) is 24.4. The number of hydrogen-bond acceptors (Lipinski definition) is 7. The summed E-state index contributed by atoms with van der Waals surface area (Å²) < 4.78 is 13.2. The Bertz CT molecular complexity index is 1380. The van der Waals surface area contributed by atoms with Gasteiger partial charge in [-0.15, -0.1) is 11.3 Å². The van der Waals surface area contributed by atoms with Gasteiger partial charge in [-0.3, -0.25) is 19.9 Å². The summed E-state index contributed by atoms with van der Waals surface area (Å²) in [5, 5.41) is 5.78. The van der Waals surface area contributed by atoms with Crippen LogP contribution in [0.4, 0.5) is 11.6 Å². The summed E-state index contributed by atoms with van der Waals surface area (Å²) >= 11 is 1.41. The van der Waals surface area contributed by atoms with Crippen molar-refractivity contribution in [3.05, 3.63) is 53.7 Å². The third kappa shape index (κ3) is 5.03. The van der Waals surface area contributed by atoms with Crippen molar-refractivity contribution in [3.8, 4) is 16.2 Å². The summed E-state index contributed by atoms with van der Waals surface area (Å²) in [7, 11) is 0. The molecule has 3 aromatic heterocycles. The first-order valence-corrected chi connectivity index (χ1v) is 12.2. The molecule has 9 nitrogen and oxygen atoms in total. The van der Waals surface area contributed by atoms with Crippen LogP contribution in [-0.4, -0.2) is 45.7 Å². The largest absolute Gasteiger partial charge is 0.482 e. The summed E-state index contributed by atoms with van der Waals surface area (Å²) in [5.41, 5.74) is 3.04. The van der Waals surface area contributed by atoms with Gasteiger partial charge in [-0.05, 0) is 56.2 Å². The molecule has 0 saturated carbocycles. The van der Waals surface area contributed by atoms with Crippen LogP contribution in [0.15, 0.2) is 48.8 Å². The number of pyridine rings is 1. The van der Waals surface area contributed by atoms with Crippen LogP contribution in [0, 0.1) is 0 Å². The minimum atomic E-state index is -0.236. The Morgan fingerprint density at radius 3 is 2.89 bits per heavy atom. The van der Waals surface area contributed by atoms with Crippen LogP contribution in [0.25, 0.3) is 21.5 Å². The number of rotatable bonds is 8. The summed E-state index contributed by atoms with van der Waals surface area (Å²) in [6.45, 7) is 5.14. The number of anilines is 2. The highest BCUT2D eigenvalue weighted by Crippen LogP contribution is 2.34. The first-order valence-electron chi connectivity index (χ1n) is 11.4. The van der Waals surface area contributed by atoms with E-state index >= 15 is 0 Å². The molecule has 0 saturated heterocycles. The molecule has 0 radical (unpaired) electrons. The number of amides is 2. The molecule has 0 unspecified atom stereocenters. The number of thiophene rings is 1. The van der Waals surface area contributed by atoms with Crippen molar-refractivity contribution in [3.63, 3.8) is 0 Å². The lowest BCUT2D eigenvalue weighted by atomic mass is 10.2. The second-order valence-electron chi connectivity index (χ2n) is 8.39. The number of imidazole rings is 1. The van der Waals surface area contributed by atoms with Gasteiger partial charge in [0.15, 0.2) is 6.61 Å². The maximum absolute atomic E-state index is 13.1. The number of fused-ring (bicyclic) bond motifs is 2. The molecular weight excluding hydrogens is 466 g/mol. The summed E-state index contributed by atoms with van der Waals surface area (Å²) in [5.74, 6) is 0.565. The molecule has 10 heteroatoms. The molecule has 5 rings (SSSR count). The summed E-state index contributed by atoms with van der Waals surface area (Å²) in [6, 6.07) is 11.2. The Morgan fingerprint density at radius 1 is 1.26 bits per heavy atom. The smallest absolute Gasteiger partial charge is 0.268 e. The Morgan fingerprint density at radius 2 is 2.09 bits per heavy atom. The number of carbonyl (C=O) groups excluding carboxylic acids is 2. The molecule has 1 aliphatic heterocycles. The molecule has 2 amide bonds. The fraction of sp³-hybridized carbons (Fsp3) is 0.280. The van der Waals surface area contributed by atoms with E-state index in [4.69, 9.17) is 9.47 Å². The van der Waals surface area contributed by atoms with E-state index in [0.717, 1.165) is 22.4 Å². The molecule has 0 atom stereocenters. The van der Waals surface area contributed by atoms with Gasteiger partial charge in [0.1, 0.15) is 5.75 Å². The minimum Gasteiger partial charge on any atom is -0.482 e. The molecule has 180 valence electrons. The number of benzene rings is 1. The predicted octanol–water partition coefficient (Wildman–Crippen LogP) is 4.56. The molecule has 0 bridgehead atoms. The standard InChI is InChI=1S/C25H25N5O4S/c1-15(2)33-11-3-10-30-19-13-20-18(27-23(31)14-34-20)12-17(19)28-25(30)29-24(32)22-5-4-21(35-22)16-6-8-26-9-7-16/h4-9,12-13,15H,3,10-11,14H2,1-2H3,(H,27,31)(H,28,29,32). The molecule has 4 aromatic rings. The topological polar surface area (TPSA) is 107 Å². The van der Waals surface area contributed by atoms with E-state index in [1.165, 1.54) is 11.3 Å². The number of aromatic nitrogens is 3. The SMILES string of the molecule is CC(C)OCCCn1c(NC(=O)c2ccc(-c3ccncc3)s2)nc2cc3c(cc21)OCC(=O)N3. The van der Waals surface area contributed by atoms with Gasteiger partial charge >= 0.3 is 0 Å². The Hall–Kier alpha value is -3.76. The van der Waals surface area contributed by atoms with Crippen LogP contribution in [0.5, 0.6) is 5.75 Å². The van der Waals surface area contributed by atoms with Gasteiger partial charge in [-0.1, -0.05) is 0 Å². The van der Waals surface area contributed by atoms with Crippen molar-refractivity contribution in [1.29, 1.82) is 0 Å². The van der Waals surface area contributed by atoms with Gasteiger partial charge in [0.05, 0.1) is 27.7 Å². The molecule has 2 N–H and O–H groups in total. The zero-order valence-electron chi connectivity index (χ0n) is 19.4. The highest BCUT2D eigenvalue weighted by atomic mass is 32.1. The van der Waals surface area contributed by atoms with Crippen molar-refractivity contribution in [2.45, 2.75) is 32.9 Å². The van der Waals surface area contributed by atoms with Crippen molar-refractivity contribution < 1.29 is 19.1 Å². The Labute approximate surface area is 206 Å². The Balaban J connectivity index is 1.43. The average molecular weight is 492 g/mol. The number of nitrogens with one attached hydrogen (secondary N) is 2. The van der Waals surface area contributed by atoms with Gasteiger partial charge in [-0.25, -0.2) is 4.98 Å². The van der Waals surface area contributed by atoms with E-state index in [-0.39, 0.29) is 24.5 Å². The van der Waals surface area contributed by atoms with Crippen LogP contribution in [0.1, 0.15) is 29.9 Å². The van der Waals surface area contributed by atoms with E-state index in [9.17, 15) is 9.59 Å². The maximum atomic E-state index is 13.1. The molecule has 1 aromatic carbocycles. The van der Waals surface area contributed by atoms with Crippen LogP contribution in [0.3, 0.4) is 0 Å². The van der Waals surface area contributed by atoms with Crippen molar-refractivity contribution >= 4 is 45.8 Å². The first kappa shape index (κ1) is 23.0. The number of hydrogen-bond donors (Lipinski definition) is 2. The van der Waals surface area contributed by atoms with E-state index in [0.29, 0.717) is 40.9 Å². The fourth-order valence-corrected chi connectivity index (χ4v) is 4.76. The monoisotopic (exact) mass is 491 g/mol. The maximum Gasteiger partial charge on any atom is 0.268 e. The van der Waals surface area contributed by atoms with E-state index in [1.807, 2.05) is 42.7 Å². The summed E-state index contributed by atoms with van der Waals surface area (Å²) in [6.07, 6.45) is 4.34.